The molecule has 0 saturated carbocycles. The lowest BCUT2D eigenvalue weighted by Crippen LogP contribution is -2.68. The first-order valence-electron chi connectivity index (χ1n) is 10.9. The molecular formula is C25H20Cl3N5O4. The monoisotopic (exact) mass is 559 g/mol. The predicted molar refractivity (Wildman–Crippen MR) is 143 cm³/mol. The standard InChI is InChI=1S/C25H20Cl3N5O4/c1-15(34)30-25(31-16-8-4-2-5-9-16)23(32-33(24(25)36)17-10-6-3-7-11-17)29-21(35)14-37-18-12-19(26)22(28)20(27)13-18/h2-13,31H,14H2,1H3,(H,30,34)(H,29,32,35). The molecule has 0 bridgehead atoms. The quantitative estimate of drug-likeness (QED) is 0.292. The van der Waals surface area contributed by atoms with Crippen molar-refractivity contribution in [3.63, 3.8) is 0 Å². The number of para-hydroxylation sites is 2. The number of hydrogen-bond acceptors (Lipinski definition) is 6. The van der Waals surface area contributed by atoms with E-state index in [2.05, 4.69) is 21.1 Å². The number of anilines is 2. The number of nitrogens with one attached hydrogen (secondary N) is 3. The van der Waals surface area contributed by atoms with E-state index in [9.17, 15) is 14.4 Å². The van der Waals surface area contributed by atoms with E-state index in [1.54, 1.807) is 60.7 Å². The number of halogens is 3. The SMILES string of the molecule is CC(=O)NC1(Nc2ccccc2)C(=O)N(c2ccccc2)N=C1NC(=O)COc1cc(Cl)c(Cl)c(Cl)c1. The van der Waals surface area contributed by atoms with Gasteiger partial charge in [0.2, 0.25) is 5.91 Å². The number of nitrogens with zero attached hydrogens (tertiary/aromatic N) is 2. The van der Waals surface area contributed by atoms with E-state index in [0.717, 1.165) is 5.01 Å². The van der Waals surface area contributed by atoms with Crippen LogP contribution in [0.15, 0.2) is 77.9 Å². The number of ether oxygens (including phenoxy) is 1. The van der Waals surface area contributed by atoms with Crippen LogP contribution < -0.4 is 25.7 Å². The normalized spacial score (nSPS) is 16.7. The molecule has 0 aromatic heterocycles. The Kier molecular flexibility index (Phi) is 7.87. The molecule has 1 aliphatic rings. The van der Waals surface area contributed by atoms with Gasteiger partial charge in [-0.1, -0.05) is 71.2 Å². The molecule has 0 saturated heterocycles. The molecule has 3 N–H and O–H groups in total. The Balaban J connectivity index is 1.65. The molecule has 0 radical (unpaired) electrons. The average molecular weight is 561 g/mol. The van der Waals surface area contributed by atoms with E-state index in [1.807, 2.05) is 0 Å². The molecule has 0 aliphatic carbocycles. The van der Waals surface area contributed by atoms with Gasteiger partial charge in [-0.15, -0.1) is 5.10 Å². The van der Waals surface area contributed by atoms with E-state index >= 15 is 0 Å². The Morgan fingerprint density at radius 1 is 0.973 bits per heavy atom. The Morgan fingerprint density at radius 2 is 1.57 bits per heavy atom. The molecule has 3 aromatic carbocycles. The molecule has 3 aromatic rings. The summed E-state index contributed by atoms with van der Waals surface area (Å²) in [7, 11) is 0. The van der Waals surface area contributed by atoms with Crippen LogP contribution in [-0.4, -0.2) is 35.8 Å². The summed E-state index contributed by atoms with van der Waals surface area (Å²) in [5.74, 6) is -1.77. The van der Waals surface area contributed by atoms with Crippen molar-refractivity contribution in [2.24, 2.45) is 5.10 Å². The van der Waals surface area contributed by atoms with Gasteiger partial charge in [-0.05, 0) is 24.3 Å². The van der Waals surface area contributed by atoms with E-state index in [-0.39, 0.29) is 26.7 Å². The molecule has 37 heavy (non-hydrogen) atoms. The molecule has 0 spiro atoms. The van der Waals surface area contributed by atoms with E-state index in [1.165, 1.54) is 19.1 Å². The second kappa shape index (κ2) is 11.1. The molecule has 1 heterocycles. The second-order valence-corrected chi connectivity index (χ2v) is 9.05. The fourth-order valence-corrected chi connectivity index (χ4v) is 4.11. The van der Waals surface area contributed by atoms with Crippen LogP contribution in [0.1, 0.15) is 6.92 Å². The van der Waals surface area contributed by atoms with Crippen LogP contribution in [0.4, 0.5) is 11.4 Å². The zero-order valence-corrected chi connectivity index (χ0v) is 21.6. The van der Waals surface area contributed by atoms with E-state index in [4.69, 9.17) is 39.5 Å². The van der Waals surface area contributed by atoms with Crippen molar-refractivity contribution in [1.29, 1.82) is 0 Å². The fourth-order valence-electron chi connectivity index (χ4n) is 3.53. The highest BCUT2D eigenvalue weighted by Crippen LogP contribution is 2.34. The van der Waals surface area contributed by atoms with Crippen LogP contribution in [0, 0.1) is 0 Å². The number of amidine groups is 1. The first-order chi connectivity index (χ1) is 17.7. The maximum absolute atomic E-state index is 13.8. The number of carbonyl (C=O) groups is 3. The van der Waals surface area contributed by atoms with Gasteiger partial charge < -0.3 is 20.7 Å². The number of hydrazone groups is 1. The summed E-state index contributed by atoms with van der Waals surface area (Å²) in [6.45, 7) is 0.776. The number of carbonyl (C=O) groups excluding carboxylic acids is 3. The van der Waals surface area contributed by atoms with E-state index in [0.29, 0.717) is 11.4 Å². The van der Waals surface area contributed by atoms with Crippen molar-refractivity contribution >= 4 is 69.7 Å². The van der Waals surface area contributed by atoms with Crippen LogP contribution in [0.5, 0.6) is 5.75 Å². The first-order valence-corrected chi connectivity index (χ1v) is 12.0. The summed E-state index contributed by atoms with van der Waals surface area (Å²) in [5, 5.41) is 14.2. The summed E-state index contributed by atoms with van der Waals surface area (Å²) in [6.07, 6.45) is 0. The second-order valence-electron chi connectivity index (χ2n) is 7.86. The minimum Gasteiger partial charge on any atom is -0.484 e. The highest BCUT2D eigenvalue weighted by atomic mass is 35.5. The van der Waals surface area contributed by atoms with Gasteiger partial charge in [0.25, 0.3) is 11.6 Å². The molecule has 4 rings (SSSR count). The van der Waals surface area contributed by atoms with Crippen LogP contribution in [-0.2, 0) is 14.4 Å². The Morgan fingerprint density at radius 3 is 2.16 bits per heavy atom. The summed E-state index contributed by atoms with van der Waals surface area (Å²) in [4.78, 5) is 38.9. The Hall–Kier alpha value is -3.79. The third kappa shape index (κ3) is 5.80. The van der Waals surface area contributed by atoms with Crippen molar-refractivity contribution in [3.05, 3.63) is 87.9 Å². The van der Waals surface area contributed by atoms with Gasteiger partial charge in [-0.2, -0.15) is 5.01 Å². The van der Waals surface area contributed by atoms with E-state index < -0.39 is 30.0 Å². The van der Waals surface area contributed by atoms with Crippen molar-refractivity contribution in [3.8, 4) is 5.75 Å². The number of amides is 3. The lowest BCUT2D eigenvalue weighted by molar-refractivity contribution is -0.127. The van der Waals surface area contributed by atoms with Gasteiger partial charge in [0, 0.05) is 24.7 Å². The first kappa shape index (κ1) is 26.3. The third-order valence-electron chi connectivity index (χ3n) is 5.12. The van der Waals surface area contributed by atoms with Crippen molar-refractivity contribution in [1.82, 2.24) is 10.6 Å². The summed E-state index contributed by atoms with van der Waals surface area (Å²) in [6, 6.07) is 20.1. The maximum atomic E-state index is 13.8. The smallest absolute Gasteiger partial charge is 0.302 e. The number of benzene rings is 3. The van der Waals surface area contributed by atoms with Crippen molar-refractivity contribution in [2.45, 2.75) is 12.6 Å². The Labute approximate surface area is 227 Å². The Bertz CT molecular complexity index is 1350. The molecule has 1 atom stereocenters. The summed E-state index contributed by atoms with van der Waals surface area (Å²) < 4.78 is 5.50. The van der Waals surface area contributed by atoms with Gasteiger partial charge >= 0.3 is 5.91 Å². The minimum absolute atomic E-state index is 0.152. The highest BCUT2D eigenvalue weighted by Gasteiger charge is 2.54. The van der Waals surface area contributed by atoms with Crippen LogP contribution >= 0.6 is 34.8 Å². The predicted octanol–water partition coefficient (Wildman–Crippen LogP) is 4.45. The lowest BCUT2D eigenvalue weighted by atomic mass is 10.1. The molecule has 190 valence electrons. The minimum atomic E-state index is -1.91. The van der Waals surface area contributed by atoms with Gasteiger partial charge in [-0.3, -0.25) is 14.4 Å². The fraction of sp³-hybridized carbons (Fsp3) is 0.120. The third-order valence-corrected chi connectivity index (χ3v) is 6.32. The summed E-state index contributed by atoms with van der Waals surface area (Å²) in [5.41, 5.74) is -0.975. The maximum Gasteiger partial charge on any atom is 0.302 e. The van der Waals surface area contributed by atoms with Gasteiger partial charge in [-0.25, -0.2) is 0 Å². The molecule has 1 aliphatic heterocycles. The molecule has 3 amide bonds. The topological polar surface area (TPSA) is 112 Å². The van der Waals surface area contributed by atoms with Crippen LogP contribution in [0.2, 0.25) is 15.1 Å². The highest BCUT2D eigenvalue weighted by molar-refractivity contribution is 6.48. The zero-order valence-electron chi connectivity index (χ0n) is 19.3. The number of hydrogen-bond donors (Lipinski definition) is 3. The summed E-state index contributed by atoms with van der Waals surface area (Å²) >= 11 is 18.0. The van der Waals surface area contributed by atoms with Crippen LogP contribution in [0.3, 0.4) is 0 Å². The molecular weight excluding hydrogens is 541 g/mol. The average Bonchev–Trinajstić information content (AvgIpc) is 3.12. The molecule has 9 nitrogen and oxygen atoms in total. The molecule has 1 unspecified atom stereocenters. The molecule has 0 fully saturated rings. The van der Waals surface area contributed by atoms with Gasteiger partial charge in [0.1, 0.15) is 5.75 Å². The zero-order chi connectivity index (χ0) is 26.6. The molecule has 12 heteroatoms. The number of rotatable bonds is 7. The largest absolute Gasteiger partial charge is 0.484 e. The van der Waals surface area contributed by atoms with Crippen molar-refractivity contribution in [2.75, 3.05) is 16.9 Å². The lowest BCUT2D eigenvalue weighted by Gasteiger charge is -2.31. The van der Waals surface area contributed by atoms with Crippen molar-refractivity contribution < 1.29 is 19.1 Å². The van der Waals surface area contributed by atoms with Crippen LogP contribution in [0.25, 0.3) is 0 Å². The van der Waals surface area contributed by atoms with Gasteiger partial charge in [0.15, 0.2) is 12.4 Å². The van der Waals surface area contributed by atoms with Gasteiger partial charge in [0.05, 0.1) is 20.8 Å².